The second-order valence-corrected chi connectivity index (χ2v) is 17.1. The van der Waals surface area contributed by atoms with Crippen LogP contribution in [0.15, 0.2) is 55.0 Å². The molecule has 5 aromatic rings. The second kappa shape index (κ2) is 10.3. The van der Waals surface area contributed by atoms with Gasteiger partial charge >= 0.3 is 0 Å². The maximum atomic E-state index is 6.11. The molecule has 0 saturated carbocycles. The maximum Gasteiger partial charge on any atom is 0.193 e. The first-order chi connectivity index (χ1) is 17.3. The fraction of sp³-hybridized carbons (Fsp3) is 0.308. The minimum Gasteiger partial charge on any atom is -0.359 e. The van der Waals surface area contributed by atoms with Gasteiger partial charge in [-0.3, -0.25) is 0 Å². The van der Waals surface area contributed by atoms with Gasteiger partial charge in [0.1, 0.15) is 18.1 Å². The molecule has 0 bridgehead atoms. The third kappa shape index (κ3) is 5.59. The first-order valence-electron chi connectivity index (χ1n) is 11.9. The molecule has 1 aromatic carbocycles. The number of halogens is 1. The highest BCUT2D eigenvalue weighted by atomic mass is 35.5. The molecular formula is C26H29ClN6OSSi. The molecule has 4 aromatic heterocycles. The van der Waals surface area contributed by atoms with Gasteiger partial charge in [0, 0.05) is 32.3 Å². The summed E-state index contributed by atoms with van der Waals surface area (Å²) in [5.74, 6) is 0.658. The first kappa shape index (κ1) is 24.8. The van der Waals surface area contributed by atoms with Crippen molar-refractivity contribution in [3.63, 3.8) is 0 Å². The smallest absolute Gasteiger partial charge is 0.193 e. The summed E-state index contributed by atoms with van der Waals surface area (Å²) in [5, 5.41) is 11.0. The van der Waals surface area contributed by atoms with Gasteiger partial charge in [0.05, 0.1) is 27.3 Å². The van der Waals surface area contributed by atoms with Gasteiger partial charge in [-0.2, -0.15) is 5.10 Å². The number of pyridine rings is 1. The van der Waals surface area contributed by atoms with Gasteiger partial charge in [-0.25, -0.2) is 19.2 Å². The monoisotopic (exact) mass is 536 g/mol. The zero-order valence-electron chi connectivity index (χ0n) is 20.9. The van der Waals surface area contributed by atoms with E-state index in [9.17, 15) is 0 Å². The number of nitrogens with zero attached hydrogens (tertiary/aromatic N) is 6. The summed E-state index contributed by atoms with van der Waals surface area (Å²) in [4.78, 5) is 10.7. The summed E-state index contributed by atoms with van der Waals surface area (Å²) in [6, 6.07) is 15.1. The summed E-state index contributed by atoms with van der Waals surface area (Å²) in [6.07, 6.45) is 4.35. The lowest BCUT2D eigenvalue weighted by atomic mass is 10.1. The lowest BCUT2D eigenvalue weighted by molar-refractivity contribution is 0.0785. The van der Waals surface area contributed by atoms with Crippen molar-refractivity contribution in [1.29, 1.82) is 0 Å². The van der Waals surface area contributed by atoms with E-state index in [4.69, 9.17) is 26.4 Å². The molecule has 5 rings (SSSR count). The predicted molar refractivity (Wildman–Crippen MR) is 148 cm³/mol. The highest BCUT2D eigenvalue weighted by molar-refractivity contribution is 7.18. The lowest BCUT2D eigenvalue weighted by Crippen LogP contribution is -2.22. The molecule has 0 radical (unpaired) electrons. The molecule has 0 amide bonds. The van der Waals surface area contributed by atoms with Gasteiger partial charge in [0.2, 0.25) is 0 Å². The Kier molecular flexibility index (Phi) is 7.07. The molecule has 10 heteroatoms. The minimum atomic E-state index is -1.13. The van der Waals surface area contributed by atoms with Crippen LogP contribution in [0.5, 0.6) is 0 Å². The van der Waals surface area contributed by atoms with Crippen molar-refractivity contribution in [3.8, 4) is 21.3 Å². The zero-order valence-corrected chi connectivity index (χ0v) is 23.5. The number of fused-ring (bicyclic) bond motifs is 1. The number of hydrogen-bond acceptors (Lipinski definition) is 6. The van der Waals surface area contributed by atoms with Crippen molar-refractivity contribution in [2.75, 3.05) is 6.61 Å². The molecule has 0 N–H and O–H groups in total. The average Bonchev–Trinajstić information content (AvgIpc) is 3.54. The molecule has 186 valence electrons. The Morgan fingerprint density at radius 1 is 1.06 bits per heavy atom. The Bertz CT molecular complexity index is 1480. The van der Waals surface area contributed by atoms with Crippen LogP contribution in [-0.4, -0.2) is 44.0 Å². The highest BCUT2D eigenvalue weighted by Gasteiger charge is 2.22. The predicted octanol–water partition coefficient (Wildman–Crippen LogP) is 6.58. The number of hydrogen-bond donors (Lipinski definition) is 0. The topological polar surface area (TPSA) is 70.1 Å². The SMILES string of the molecule is Cc1nn2ccccc2c1-c1nc(Cc2ccc(Cl)cc2)c(-c2ncn(COCC[Si](C)(C)C)n2)s1. The lowest BCUT2D eigenvalue weighted by Gasteiger charge is -2.15. The fourth-order valence-corrected chi connectivity index (χ4v) is 5.93. The molecule has 4 heterocycles. The quantitative estimate of drug-likeness (QED) is 0.157. The number of rotatable bonds is 9. The summed E-state index contributed by atoms with van der Waals surface area (Å²) < 4.78 is 9.52. The van der Waals surface area contributed by atoms with Crippen LogP contribution in [0.25, 0.3) is 26.8 Å². The maximum absolute atomic E-state index is 6.11. The summed E-state index contributed by atoms with van der Waals surface area (Å²) in [7, 11) is -1.13. The Hall–Kier alpha value is -2.85. The number of thiazole rings is 1. The third-order valence-electron chi connectivity index (χ3n) is 5.87. The van der Waals surface area contributed by atoms with Crippen molar-refractivity contribution in [2.45, 2.75) is 45.8 Å². The van der Waals surface area contributed by atoms with Gasteiger partial charge in [-0.1, -0.05) is 49.4 Å². The fourth-order valence-electron chi connectivity index (χ4n) is 3.93. The number of benzene rings is 1. The molecule has 0 aliphatic rings. The van der Waals surface area contributed by atoms with Crippen LogP contribution in [0.4, 0.5) is 0 Å². The van der Waals surface area contributed by atoms with Crippen molar-refractivity contribution < 1.29 is 4.74 Å². The molecule has 7 nitrogen and oxygen atoms in total. The van der Waals surface area contributed by atoms with Gasteiger partial charge in [-0.15, -0.1) is 16.4 Å². The van der Waals surface area contributed by atoms with E-state index in [1.807, 2.05) is 54.0 Å². The Morgan fingerprint density at radius 2 is 1.86 bits per heavy atom. The van der Waals surface area contributed by atoms with Crippen LogP contribution in [-0.2, 0) is 17.9 Å². The van der Waals surface area contributed by atoms with Crippen LogP contribution < -0.4 is 0 Å². The summed E-state index contributed by atoms with van der Waals surface area (Å²) >= 11 is 7.71. The highest BCUT2D eigenvalue weighted by Crippen LogP contribution is 2.38. The van der Waals surface area contributed by atoms with Crippen LogP contribution in [0.3, 0.4) is 0 Å². The number of ether oxygens (including phenoxy) is 1. The van der Waals surface area contributed by atoms with E-state index < -0.39 is 8.07 Å². The average molecular weight is 537 g/mol. The molecule has 0 saturated heterocycles. The molecule has 36 heavy (non-hydrogen) atoms. The van der Waals surface area contributed by atoms with Crippen molar-refractivity contribution in [1.82, 2.24) is 29.4 Å². The normalized spacial score (nSPS) is 12.0. The molecule has 0 aliphatic heterocycles. The van der Waals surface area contributed by atoms with E-state index in [2.05, 4.69) is 35.8 Å². The van der Waals surface area contributed by atoms with E-state index in [1.165, 1.54) is 0 Å². The molecule has 0 spiro atoms. The number of aryl methyl sites for hydroxylation is 1. The van der Waals surface area contributed by atoms with Crippen molar-refractivity contribution in [2.24, 2.45) is 0 Å². The molecule has 0 unspecified atom stereocenters. The van der Waals surface area contributed by atoms with Gasteiger partial charge < -0.3 is 4.74 Å². The minimum absolute atomic E-state index is 0.392. The molecule has 0 fully saturated rings. The molecular weight excluding hydrogens is 508 g/mol. The Labute approximate surface area is 220 Å². The van der Waals surface area contributed by atoms with Crippen LogP contribution in [0, 0.1) is 6.92 Å². The molecule has 0 aliphatic carbocycles. The van der Waals surface area contributed by atoms with Gasteiger partial charge in [0.15, 0.2) is 5.82 Å². The van der Waals surface area contributed by atoms with Crippen LogP contribution in [0.1, 0.15) is 17.0 Å². The summed E-state index contributed by atoms with van der Waals surface area (Å²) in [6.45, 7) is 10.2. The largest absolute Gasteiger partial charge is 0.359 e. The zero-order chi connectivity index (χ0) is 25.3. The van der Waals surface area contributed by atoms with Crippen LogP contribution in [0.2, 0.25) is 30.7 Å². The van der Waals surface area contributed by atoms with E-state index in [1.54, 1.807) is 22.3 Å². The van der Waals surface area contributed by atoms with Gasteiger partial charge in [0.25, 0.3) is 0 Å². The van der Waals surface area contributed by atoms with Gasteiger partial charge in [-0.05, 0) is 42.8 Å². The second-order valence-electron chi connectivity index (χ2n) is 10.0. The van der Waals surface area contributed by atoms with Crippen LogP contribution >= 0.6 is 22.9 Å². The first-order valence-corrected chi connectivity index (χ1v) is 16.8. The van der Waals surface area contributed by atoms with E-state index in [0.29, 0.717) is 19.0 Å². The Morgan fingerprint density at radius 3 is 2.64 bits per heavy atom. The number of aromatic nitrogens is 6. The van der Waals surface area contributed by atoms with Crippen molar-refractivity contribution in [3.05, 3.63) is 77.0 Å². The van der Waals surface area contributed by atoms with Crippen molar-refractivity contribution >= 4 is 36.5 Å². The summed E-state index contributed by atoms with van der Waals surface area (Å²) in [5.41, 5.74) is 5.07. The standard InChI is InChI=1S/C26H29ClN6OSSi/c1-18-23(22-7-5-6-12-33(22)30-18)26-29-21(15-19-8-10-20(27)11-9-19)24(35-26)25-28-16-32(31-25)17-34-13-14-36(2,3)4/h5-12,16H,13-15,17H2,1-4H3. The molecule has 0 atom stereocenters. The van der Waals surface area contributed by atoms with E-state index >= 15 is 0 Å². The third-order valence-corrected chi connectivity index (χ3v) is 8.94. The van der Waals surface area contributed by atoms with E-state index in [0.717, 1.165) is 55.6 Å². The van der Waals surface area contributed by atoms with E-state index in [-0.39, 0.29) is 0 Å². The Balaban J connectivity index is 1.48.